The molecule has 4 heteroatoms. The Morgan fingerprint density at radius 2 is 1.96 bits per heavy atom. The maximum absolute atomic E-state index is 6.20. The van der Waals surface area contributed by atoms with Crippen LogP contribution in [0.1, 0.15) is 18.1 Å². The molecule has 2 aromatic heterocycles. The fourth-order valence-electron chi connectivity index (χ4n) is 3.44. The van der Waals surface area contributed by atoms with Crippen molar-refractivity contribution in [2.24, 2.45) is 0 Å². The molecule has 3 nitrogen and oxygen atoms in total. The second kappa shape index (κ2) is 5.14. The number of pyridine rings is 1. The molecule has 0 bridgehead atoms. The lowest BCUT2D eigenvalue weighted by Crippen LogP contribution is -1.96. The Balaban J connectivity index is 2.25. The Kier molecular flexibility index (Phi) is 3.20. The quantitative estimate of drug-likeness (QED) is 0.526. The number of hydrogen-bond acceptors (Lipinski definition) is 2. The Labute approximate surface area is 139 Å². The van der Waals surface area contributed by atoms with E-state index >= 15 is 0 Å². The topological polar surface area (TPSA) is 37.9 Å². The number of hydrogen-bond donors (Lipinski definition) is 1. The third kappa shape index (κ3) is 2.00. The second-order valence-corrected chi connectivity index (χ2v) is 6.22. The third-order valence-electron chi connectivity index (χ3n) is 4.45. The Morgan fingerprint density at radius 1 is 1.13 bits per heavy atom. The highest BCUT2D eigenvalue weighted by molar-refractivity contribution is 6.32. The number of benzene rings is 2. The molecule has 0 saturated heterocycles. The summed E-state index contributed by atoms with van der Waals surface area (Å²) in [5, 5.41) is 4.15. The summed E-state index contributed by atoms with van der Waals surface area (Å²) in [5.74, 6) is 0.886. The summed E-state index contributed by atoms with van der Waals surface area (Å²) in [5.41, 5.74) is 5.51. The highest BCUT2D eigenvalue weighted by Crippen LogP contribution is 2.39. The molecule has 0 fully saturated rings. The van der Waals surface area contributed by atoms with Crippen LogP contribution in [0.5, 0.6) is 5.75 Å². The van der Waals surface area contributed by atoms with Gasteiger partial charge in [-0.05, 0) is 56.2 Å². The van der Waals surface area contributed by atoms with Gasteiger partial charge < -0.3 is 9.72 Å². The van der Waals surface area contributed by atoms with Crippen LogP contribution in [0.2, 0.25) is 5.02 Å². The minimum atomic E-state index is 0.637. The van der Waals surface area contributed by atoms with Crippen LogP contribution in [0.3, 0.4) is 0 Å². The molecule has 0 spiro atoms. The van der Waals surface area contributed by atoms with Crippen LogP contribution < -0.4 is 4.74 Å². The maximum atomic E-state index is 6.20. The van der Waals surface area contributed by atoms with E-state index in [-0.39, 0.29) is 0 Å². The van der Waals surface area contributed by atoms with Crippen molar-refractivity contribution in [2.75, 3.05) is 6.61 Å². The predicted octanol–water partition coefficient (Wildman–Crippen LogP) is 5.54. The number of ether oxygens (including phenoxy) is 1. The van der Waals surface area contributed by atoms with Gasteiger partial charge in [-0.3, -0.25) is 4.98 Å². The number of halogens is 1. The minimum Gasteiger partial charge on any atom is -0.493 e. The van der Waals surface area contributed by atoms with Crippen molar-refractivity contribution in [3.05, 3.63) is 46.6 Å². The molecule has 2 heterocycles. The van der Waals surface area contributed by atoms with E-state index in [1.54, 1.807) is 0 Å². The van der Waals surface area contributed by atoms with Gasteiger partial charge in [-0.15, -0.1) is 0 Å². The number of nitrogens with zero attached hydrogens (tertiary/aromatic N) is 1. The van der Waals surface area contributed by atoms with E-state index in [0.29, 0.717) is 6.61 Å². The van der Waals surface area contributed by atoms with Gasteiger partial charge in [-0.1, -0.05) is 11.6 Å². The summed E-state index contributed by atoms with van der Waals surface area (Å²) >= 11 is 6.20. The van der Waals surface area contributed by atoms with Crippen LogP contribution >= 0.6 is 11.6 Å². The second-order valence-electron chi connectivity index (χ2n) is 5.78. The molecule has 116 valence electrons. The largest absolute Gasteiger partial charge is 0.493 e. The number of aromatic amines is 1. The molecule has 0 saturated carbocycles. The van der Waals surface area contributed by atoms with Crippen molar-refractivity contribution in [2.45, 2.75) is 20.8 Å². The highest BCUT2D eigenvalue weighted by Gasteiger charge is 2.17. The predicted molar refractivity (Wildman–Crippen MR) is 96.8 cm³/mol. The number of fused-ring (bicyclic) bond motifs is 4. The van der Waals surface area contributed by atoms with Crippen molar-refractivity contribution in [1.29, 1.82) is 0 Å². The number of aromatic nitrogens is 2. The number of nitrogens with one attached hydrogen (secondary N) is 1. The van der Waals surface area contributed by atoms with Gasteiger partial charge in [0.2, 0.25) is 0 Å². The van der Waals surface area contributed by atoms with E-state index in [1.807, 2.05) is 37.4 Å². The first-order valence-electron chi connectivity index (χ1n) is 7.73. The van der Waals surface area contributed by atoms with Crippen molar-refractivity contribution in [1.82, 2.24) is 9.97 Å². The van der Waals surface area contributed by atoms with E-state index in [2.05, 4.69) is 23.8 Å². The van der Waals surface area contributed by atoms with E-state index < -0.39 is 0 Å². The van der Waals surface area contributed by atoms with E-state index in [0.717, 1.165) is 49.2 Å². The first-order chi connectivity index (χ1) is 11.1. The Morgan fingerprint density at radius 3 is 2.74 bits per heavy atom. The van der Waals surface area contributed by atoms with Gasteiger partial charge in [0, 0.05) is 32.9 Å². The first kappa shape index (κ1) is 14.3. The molecule has 0 aliphatic rings. The van der Waals surface area contributed by atoms with Crippen LogP contribution in [0.25, 0.3) is 32.7 Å². The van der Waals surface area contributed by atoms with Gasteiger partial charge in [0.05, 0.1) is 17.6 Å². The molecule has 0 unspecified atom stereocenters. The molecule has 1 N–H and O–H groups in total. The fraction of sp³-hybridized carbons (Fsp3) is 0.211. The third-order valence-corrected chi connectivity index (χ3v) is 4.69. The van der Waals surface area contributed by atoms with Crippen LogP contribution in [-0.4, -0.2) is 16.6 Å². The van der Waals surface area contributed by atoms with Crippen LogP contribution in [-0.2, 0) is 0 Å². The standard InChI is InChI=1S/C19H17ClN2O/c1-4-23-15-7-8-21-18-10(2)16-13-9-12(20)5-6-14(13)22-19(16)11(3)17(15)18/h5-9,22H,4H2,1-3H3. The maximum Gasteiger partial charge on any atom is 0.130 e. The smallest absolute Gasteiger partial charge is 0.130 e. The molecule has 2 aromatic carbocycles. The molecule has 23 heavy (non-hydrogen) atoms. The molecule has 0 aliphatic carbocycles. The van der Waals surface area contributed by atoms with Gasteiger partial charge in [0.1, 0.15) is 5.75 Å². The molecule has 0 aliphatic heterocycles. The Bertz CT molecular complexity index is 1070. The molecular weight excluding hydrogens is 308 g/mol. The number of aryl methyl sites for hydroxylation is 2. The van der Waals surface area contributed by atoms with Gasteiger partial charge in [0.15, 0.2) is 0 Å². The highest BCUT2D eigenvalue weighted by atomic mass is 35.5. The zero-order valence-corrected chi connectivity index (χ0v) is 14.1. The molecule has 0 atom stereocenters. The summed E-state index contributed by atoms with van der Waals surface area (Å²) in [4.78, 5) is 8.15. The van der Waals surface area contributed by atoms with Crippen molar-refractivity contribution >= 4 is 44.3 Å². The van der Waals surface area contributed by atoms with Crippen molar-refractivity contribution in [3.63, 3.8) is 0 Å². The lowest BCUT2D eigenvalue weighted by atomic mass is 9.98. The van der Waals surface area contributed by atoms with E-state index in [1.165, 1.54) is 5.39 Å². The molecule has 4 rings (SSSR count). The lowest BCUT2D eigenvalue weighted by molar-refractivity contribution is 0.344. The molecule has 4 aromatic rings. The monoisotopic (exact) mass is 324 g/mol. The molecule has 0 amide bonds. The van der Waals surface area contributed by atoms with Gasteiger partial charge >= 0.3 is 0 Å². The van der Waals surface area contributed by atoms with Crippen molar-refractivity contribution in [3.8, 4) is 5.75 Å². The Hall–Kier alpha value is -2.26. The summed E-state index contributed by atoms with van der Waals surface area (Å²) < 4.78 is 5.82. The lowest BCUT2D eigenvalue weighted by Gasteiger charge is -2.12. The average Bonchev–Trinajstić information content (AvgIpc) is 2.92. The zero-order chi connectivity index (χ0) is 16.1. The van der Waals surface area contributed by atoms with E-state index in [9.17, 15) is 0 Å². The average molecular weight is 325 g/mol. The van der Waals surface area contributed by atoms with Gasteiger partial charge in [-0.25, -0.2) is 0 Å². The summed E-state index contributed by atoms with van der Waals surface area (Å²) in [6.45, 7) is 6.86. The molecule has 0 radical (unpaired) electrons. The summed E-state index contributed by atoms with van der Waals surface area (Å²) in [7, 11) is 0. The minimum absolute atomic E-state index is 0.637. The first-order valence-corrected chi connectivity index (χ1v) is 8.11. The van der Waals surface area contributed by atoms with E-state index in [4.69, 9.17) is 16.3 Å². The number of H-pyrrole nitrogens is 1. The van der Waals surface area contributed by atoms with Crippen molar-refractivity contribution < 1.29 is 4.74 Å². The summed E-state index contributed by atoms with van der Waals surface area (Å²) in [6, 6.07) is 7.88. The fourth-order valence-corrected chi connectivity index (χ4v) is 3.62. The van der Waals surface area contributed by atoms with Gasteiger partial charge in [0.25, 0.3) is 0 Å². The van der Waals surface area contributed by atoms with Gasteiger partial charge in [-0.2, -0.15) is 0 Å². The van der Waals surface area contributed by atoms with Crippen LogP contribution in [0.15, 0.2) is 30.5 Å². The zero-order valence-electron chi connectivity index (χ0n) is 13.3. The summed E-state index contributed by atoms with van der Waals surface area (Å²) in [6.07, 6.45) is 1.81. The SMILES string of the molecule is CCOc1ccnc2c(C)c3c([nH]c4ccc(Cl)cc43)c(C)c12. The number of rotatable bonds is 2. The van der Waals surface area contributed by atoms with Crippen LogP contribution in [0.4, 0.5) is 0 Å². The normalized spacial score (nSPS) is 11.7. The molecular formula is C19H17ClN2O. The van der Waals surface area contributed by atoms with Crippen LogP contribution in [0, 0.1) is 13.8 Å².